The molecule has 1 aliphatic heterocycles. The van der Waals surface area contributed by atoms with Crippen molar-refractivity contribution in [3.05, 3.63) is 29.6 Å². The Morgan fingerprint density at radius 2 is 2.27 bits per heavy atom. The van der Waals surface area contributed by atoms with E-state index in [9.17, 15) is 0 Å². The van der Waals surface area contributed by atoms with Crippen LogP contribution in [0.15, 0.2) is 18.2 Å². The van der Waals surface area contributed by atoms with Crippen LogP contribution in [0.1, 0.15) is 37.1 Å². The summed E-state index contributed by atoms with van der Waals surface area (Å²) < 4.78 is 0. The highest BCUT2D eigenvalue weighted by atomic mass is 14.9. The molecule has 0 bridgehead atoms. The van der Waals surface area contributed by atoms with Gasteiger partial charge in [-0.25, -0.2) is 0 Å². The SMILES string of the molecule is Cc1cccc(C[C@@H]2CCCCCN2)n1. The second kappa shape index (κ2) is 5.26. The molecule has 1 aromatic heterocycles. The standard InChI is InChI=1S/C13H20N2/c1-11-6-5-8-13(15-11)10-12-7-3-2-4-9-14-12/h5-6,8,12,14H,2-4,7,9-10H2,1H3/t12-/m0/s1. The zero-order valence-corrected chi connectivity index (χ0v) is 9.50. The van der Waals surface area contributed by atoms with Crippen LogP contribution in [-0.2, 0) is 6.42 Å². The molecule has 2 heterocycles. The van der Waals surface area contributed by atoms with Crippen LogP contribution < -0.4 is 5.32 Å². The highest BCUT2D eigenvalue weighted by molar-refractivity contribution is 5.11. The van der Waals surface area contributed by atoms with Gasteiger partial charge in [-0.3, -0.25) is 4.98 Å². The lowest BCUT2D eigenvalue weighted by Gasteiger charge is -2.15. The smallest absolute Gasteiger partial charge is 0.0422 e. The first-order chi connectivity index (χ1) is 7.34. The van der Waals surface area contributed by atoms with E-state index in [0.717, 1.165) is 12.1 Å². The Hall–Kier alpha value is -0.890. The molecule has 0 unspecified atom stereocenters. The maximum atomic E-state index is 4.56. The van der Waals surface area contributed by atoms with Gasteiger partial charge in [0.1, 0.15) is 0 Å². The van der Waals surface area contributed by atoms with E-state index < -0.39 is 0 Å². The topological polar surface area (TPSA) is 24.9 Å². The van der Waals surface area contributed by atoms with Gasteiger partial charge in [-0.2, -0.15) is 0 Å². The molecular formula is C13H20N2. The lowest BCUT2D eigenvalue weighted by atomic mass is 10.1. The number of hydrogen-bond donors (Lipinski definition) is 1. The average molecular weight is 204 g/mol. The first-order valence-electron chi connectivity index (χ1n) is 6.00. The molecule has 82 valence electrons. The molecule has 1 saturated heterocycles. The molecule has 1 fully saturated rings. The fourth-order valence-electron chi connectivity index (χ4n) is 2.24. The van der Waals surface area contributed by atoms with Gasteiger partial charge in [-0.15, -0.1) is 0 Å². The van der Waals surface area contributed by atoms with Gasteiger partial charge in [0.2, 0.25) is 0 Å². The summed E-state index contributed by atoms with van der Waals surface area (Å²) in [7, 11) is 0. The van der Waals surface area contributed by atoms with Gasteiger partial charge in [0.05, 0.1) is 0 Å². The maximum Gasteiger partial charge on any atom is 0.0422 e. The highest BCUT2D eigenvalue weighted by Gasteiger charge is 2.12. The zero-order chi connectivity index (χ0) is 10.5. The van der Waals surface area contributed by atoms with Crippen LogP contribution in [0.25, 0.3) is 0 Å². The summed E-state index contributed by atoms with van der Waals surface area (Å²) in [6.07, 6.45) is 6.46. The summed E-state index contributed by atoms with van der Waals surface area (Å²) in [5.74, 6) is 0. The van der Waals surface area contributed by atoms with Crippen LogP contribution in [0.3, 0.4) is 0 Å². The minimum atomic E-state index is 0.641. The number of rotatable bonds is 2. The second-order valence-electron chi connectivity index (χ2n) is 4.47. The van der Waals surface area contributed by atoms with Crippen LogP contribution in [-0.4, -0.2) is 17.6 Å². The molecule has 0 aliphatic carbocycles. The van der Waals surface area contributed by atoms with Gasteiger partial charge >= 0.3 is 0 Å². The van der Waals surface area contributed by atoms with Crippen molar-refractivity contribution in [1.29, 1.82) is 0 Å². The van der Waals surface area contributed by atoms with Crippen LogP contribution in [0, 0.1) is 6.92 Å². The molecule has 0 spiro atoms. The number of pyridine rings is 1. The van der Waals surface area contributed by atoms with Gasteiger partial charge in [-0.05, 0) is 38.4 Å². The van der Waals surface area contributed by atoms with E-state index in [-0.39, 0.29) is 0 Å². The molecule has 2 nitrogen and oxygen atoms in total. The number of aromatic nitrogens is 1. The molecule has 0 amide bonds. The monoisotopic (exact) mass is 204 g/mol. The Labute approximate surface area is 92.1 Å². The van der Waals surface area contributed by atoms with Crippen molar-refractivity contribution in [2.45, 2.75) is 45.1 Å². The molecule has 0 saturated carbocycles. The molecule has 2 heteroatoms. The van der Waals surface area contributed by atoms with Crippen LogP contribution in [0.5, 0.6) is 0 Å². The van der Waals surface area contributed by atoms with E-state index in [2.05, 4.69) is 35.4 Å². The van der Waals surface area contributed by atoms with E-state index in [1.165, 1.54) is 37.9 Å². The normalized spacial score (nSPS) is 22.3. The van der Waals surface area contributed by atoms with E-state index >= 15 is 0 Å². The third-order valence-corrected chi connectivity index (χ3v) is 3.06. The highest BCUT2D eigenvalue weighted by Crippen LogP contribution is 2.12. The summed E-state index contributed by atoms with van der Waals surface area (Å²) in [6.45, 7) is 3.24. The van der Waals surface area contributed by atoms with Gasteiger partial charge in [0.15, 0.2) is 0 Å². The number of nitrogens with one attached hydrogen (secondary N) is 1. The van der Waals surface area contributed by atoms with E-state index in [0.29, 0.717) is 6.04 Å². The van der Waals surface area contributed by atoms with Crippen molar-refractivity contribution < 1.29 is 0 Å². The van der Waals surface area contributed by atoms with Crippen molar-refractivity contribution in [1.82, 2.24) is 10.3 Å². The summed E-state index contributed by atoms with van der Waals surface area (Å²) in [5.41, 5.74) is 2.36. The molecule has 15 heavy (non-hydrogen) atoms. The zero-order valence-electron chi connectivity index (χ0n) is 9.50. The van der Waals surface area contributed by atoms with Crippen molar-refractivity contribution in [3.63, 3.8) is 0 Å². The summed E-state index contributed by atoms with van der Waals surface area (Å²) >= 11 is 0. The number of aryl methyl sites for hydroxylation is 1. The fraction of sp³-hybridized carbons (Fsp3) is 0.615. The Morgan fingerprint density at radius 3 is 3.13 bits per heavy atom. The molecular weight excluding hydrogens is 184 g/mol. The Morgan fingerprint density at radius 1 is 1.33 bits per heavy atom. The van der Waals surface area contributed by atoms with Crippen molar-refractivity contribution in [2.24, 2.45) is 0 Å². The van der Waals surface area contributed by atoms with Gasteiger partial charge in [0, 0.05) is 23.9 Å². The Balaban J connectivity index is 1.95. The molecule has 1 atom stereocenters. The molecule has 1 aliphatic rings. The van der Waals surface area contributed by atoms with Gasteiger partial charge in [-0.1, -0.05) is 18.9 Å². The fourth-order valence-corrected chi connectivity index (χ4v) is 2.24. The first-order valence-corrected chi connectivity index (χ1v) is 6.00. The lowest BCUT2D eigenvalue weighted by Crippen LogP contribution is -2.30. The molecule has 2 rings (SSSR count). The minimum absolute atomic E-state index is 0.641. The van der Waals surface area contributed by atoms with E-state index in [4.69, 9.17) is 0 Å². The Kier molecular flexibility index (Phi) is 3.73. The predicted octanol–water partition coefficient (Wildman–Crippen LogP) is 2.46. The van der Waals surface area contributed by atoms with Crippen LogP contribution >= 0.6 is 0 Å². The quantitative estimate of drug-likeness (QED) is 0.800. The van der Waals surface area contributed by atoms with Crippen molar-refractivity contribution in [2.75, 3.05) is 6.54 Å². The second-order valence-corrected chi connectivity index (χ2v) is 4.47. The van der Waals surface area contributed by atoms with E-state index in [1.54, 1.807) is 0 Å². The first kappa shape index (κ1) is 10.6. The summed E-state index contributed by atoms with van der Waals surface area (Å²) in [6, 6.07) is 6.94. The maximum absolute atomic E-state index is 4.56. The van der Waals surface area contributed by atoms with Crippen molar-refractivity contribution >= 4 is 0 Å². The van der Waals surface area contributed by atoms with Gasteiger partial charge in [0.25, 0.3) is 0 Å². The number of hydrogen-bond acceptors (Lipinski definition) is 2. The molecule has 0 aromatic carbocycles. The summed E-state index contributed by atoms with van der Waals surface area (Å²) in [5, 5.41) is 3.61. The Bertz CT molecular complexity index is 301. The van der Waals surface area contributed by atoms with Crippen LogP contribution in [0.2, 0.25) is 0 Å². The number of nitrogens with zero attached hydrogens (tertiary/aromatic N) is 1. The minimum Gasteiger partial charge on any atom is -0.314 e. The van der Waals surface area contributed by atoms with Gasteiger partial charge < -0.3 is 5.32 Å². The molecule has 1 N–H and O–H groups in total. The largest absolute Gasteiger partial charge is 0.314 e. The average Bonchev–Trinajstić information content (AvgIpc) is 2.46. The summed E-state index contributed by atoms with van der Waals surface area (Å²) in [4.78, 5) is 4.56. The van der Waals surface area contributed by atoms with Crippen LogP contribution in [0.4, 0.5) is 0 Å². The predicted molar refractivity (Wildman–Crippen MR) is 62.9 cm³/mol. The lowest BCUT2D eigenvalue weighted by molar-refractivity contribution is 0.502. The third kappa shape index (κ3) is 3.31. The van der Waals surface area contributed by atoms with E-state index in [1.807, 2.05) is 0 Å². The van der Waals surface area contributed by atoms with Crippen molar-refractivity contribution in [3.8, 4) is 0 Å². The molecule has 1 aromatic rings. The molecule has 0 radical (unpaired) electrons. The third-order valence-electron chi connectivity index (χ3n) is 3.06.